The summed E-state index contributed by atoms with van der Waals surface area (Å²) in [7, 11) is 0. The smallest absolute Gasteiger partial charge is 0.0747 e. The number of aliphatic hydroxyl groups is 1. The fourth-order valence-electron chi connectivity index (χ4n) is 2.77. The molecular formula is C17H23ClN2O. The largest absolute Gasteiger partial charge is 0.393 e. The summed E-state index contributed by atoms with van der Waals surface area (Å²) >= 11 is 6.17. The molecule has 0 bridgehead atoms. The van der Waals surface area contributed by atoms with Gasteiger partial charge in [-0.1, -0.05) is 31.5 Å². The van der Waals surface area contributed by atoms with E-state index in [0.717, 1.165) is 41.0 Å². The third-order valence-corrected chi connectivity index (χ3v) is 3.73. The molecule has 0 saturated carbocycles. The molecule has 0 aliphatic carbocycles. The molecule has 0 saturated heterocycles. The third-order valence-electron chi connectivity index (χ3n) is 3.52. The second kappa shape index (κ2) is 6.73. The Bertz CT molecular complexity index is 611. The van der Waals surface area contributed by atoms with Gasteiger partial charge in [0.1, 0.15) is 0 Å². The van der Waals surface area contributed by atoms with E-state index in [2.05, 4.69) is 24.1 Å². The maximum Gasteiger partial charge on any atom is 0.0747 e. The lowest BCUT2D eigenvalue weighted by Crippen LogP contribution is -2.31. The van der Waals surface area contributed by atoms with Gasteiger partial charge in [0, 0.05) is 29.7 Å². The van der Waals surface area contributed by atoms with Crippen LogP contribution in [0.25, 0.3) is 10.9 Å². The number of aromatic nitrogens is 1. The van der Waals surface area contributed by atoms with Crippen LogP contribution in [0.5, 0.6) is 0 Å². The van der Waals surface area contributed by atoms with Gasteiger partial charge in [0.15, 0.2) is 0 Å². The molecule has 114 valence electrons. The summed E-state index contributed by atoms with van der Waals surface area (Å²) in [5.41, 5.74) is 2.14. The zero-order chi connectivity index (χ0) is 15.5. The highest BCUT2D eigenvalue weighted by Crippen LogP contribution is 2.24. The van der Waals surface area contributed by atoms with Crippen LogP contribution >= 0.6 is 11.6 Å². The normalized spacial score (nSPS) is 13.6. The van der Waals surface area contributed by atoms with Crippen molar-refractivity contribution in [3.63, 3.8) is 0 Å². The first-order valence-electron chi connectivity index (χ1n) is 7.29. The van der Waals surface area contributed by atoms with Crippen molar-refractivity contribution in [2.24, 2.45) is 5.41 Å². The number of aliphatic hydroxyl groups excluding tert-OH is 1. The number of pyridine rings is 1. The van der Waals surface area contributed by atoms with E-state index in [-0.39, 0.29) is 11.5 Å². The number of benzene rings is 1. The Labute approximate surface area is 131 Å². The van der Waals surface area contributed by atoms with Crippen molar-refractivity contribution in [2.75, 3.05) is 6.54 Å². The quantitative estimate of drug-likeness (QED) is 0.854. The van der Waals surface area contributed by atoms with E-state index in [9.17, 15) is 5.11 Å². The molecule has 3 nitrogen and oxygen atoms in total. The molecule has 1 atom stereocenters. The van der Waals surface area contributed by atoms with Gasteiger partial charge in [-0.25, -0.2) is 0 Å². The molecule has 1 aromatic carbocycles. The molecule has 0 amide bonds. The summed E-state index contributed by atoms with van der Waals surface area (Å²) < 4.78 is 0. The Balaban J connectivity index is 2.07. The third kappa shape index (κ3) is 4.67. The number of hydrogen-bond acceptors (Lipinski definition) is 3. The van der Waals surface area contributed by atoms with Gasteiger partial charge in [0.2, 0.25) is 0 Å². The van der Waals surface area contributed by atoms with E-state index in [1.54, 1.807) is 6.20 Å². The van der Waals surface area contributed by atoms with Crippen LogP contribution in [0.15, 0.2) is 30.5 Å². The van der Waals surface area contributed by atoms with Crippen LogP contribution in [0.2, 0.25) is 5.02 Å². The van der Waals surface area contributed by atoms with Crippen molar-refractivity contribution in [1.29, 1.82) is 0 Å². The maximum absolute atomic E-state index is 9.53. The minimum atomic E-state index is -0.282. The van der Waals surface area contributed by atoms with Crippen molar-refractivity contribution < 1.29 is 5.11 Å². The molecule has 4 heteroatoms. The highest BCUT2D eigenvalue weighted by molar-refractivity contribution is 6.31. The van der Waals surface area contributed by atoms with Crippen LogP contribution in [0, 0.1) is 5.41 Å². The first kappa shape index (κ1) is 16.2. The van der Waals surface area contributed by atoms with Gasteiger partial charge >= 0.3 is 0 Å². The van der Waals surface area contributed by atoms with Crippen molar-refractivity contribution in [3.05, 3.63) is 41.0 Å². The number of fused-ring (bicyclic) bond motifs is 1. The van der Waals surface area contributed by atoms with Crippen LogP contribution in [-0.2, 0) is 6.54 Å². The Kier molecular flexibility index (Phi) is 5.20. The number of nitrogens with zero attached hydrogens (tertiary/aromatic N) is 1. The molecule has 0 aliphatic rings. The summed E-state index contributed by atoms with van der Waals surface area (Å²) in [5.74, 6) is 0. The van der Waals surface area contributed by atoms with Gasteiger partial charge in [0.05, 0.1) is 11.6 Å². The summed E-state index contributed by atoms with van der Waals surface area (Å²) in [6.07, 6.45) is 2.29. The molecule has 0 radical (unpaired) electrons. The van der Waals surface area contributed by atoms with Gasteiger partial charge in [-0.05, 0) is 42.5 Å². The molecule has 0 spiro atoms. The van der Waals surface area contributed by atoms with Gasteiger partial charge in [-0.3, -0.25) is 4.98 Å². The fourth-order valence-corrected chi connectivity index (χ4v) is 3.02. The molecule has 1 unspecified atom stereocenters. The monoisotopic (exact) mass is 306 g/mol. The Hall–Kier alpha value is -1.16. The van der Waals surface area contributed by atoms with Crippen LogP contribution in [0.3, 0.4) is 0 Å². The standard InChI is InChI=1S/C17H23ClN2O/c1-12(21)9-17(2,3)11-19-10-14-8-15(18)7-13-5-4-6-20-16(13)14/h4-8,12,19,21H,9-11H2,1-3H3. The molecule has 2 aromatic rings. The topological polar surface area (TPSA) is 45.1 Å². The van der Waals surface area contributed by atoms with Gasteiger partial charge in [0.25, 0.3) is 0 Å². The lowest BCUT2D eigenvalue weighted by atomic mass is 9.87. The zero-order valence-corrected chi connectivity index (χ0v) is 13.6. The first-order chi connectivity index (χ1) is 9.87. The predicted octanol–water partition coefficient (Wildman–Crippen LogP) is 3.77. The van der Waals surface area contributed by atoms with Crippen LogP contribution in [-0.4, -0.2) is 22.7 Å². The van der Waals surface area contributed by atoms with Crippen LogP contribution in [0.4, 0.5) is 0 Å². The van der Waals surface area contributed by atoms with E-state index in [1.807, 2.05) is 31.2 Å². The van der Waals surface area contributed by atoms with Crippen LogP contribution in [0.1, 0.15) is 32.8 Å². The maximum atomic E-state index is 9.53. The summed E-state index contributed by atoms with van der Waals surface area (Å²) in [6.45, 7) is 7.69. The number of hydrogen-bond donors (Lipinski definition) is 2. The average Bonchev–Trinajstić information content (AvgIpc) is 2.36. The average molecular weight is 307 g/mol. The molecule has 21 heavy (non-hydrogen) atoms. The molecule has 1 heterocycles. The molecular weight excluding hydrogens is 284 g/mol. The molecule has 1 aromatic heterocycles. The van der Waals surface area contributed by atoms with Crippen LogP contribution < -0.4 is 5.32 Å². The van der Waals surface area contributed by atoms with E-state index in [4.69, 9.17) is 11.6 Å². The number of halogens is 1. The number of rotatable bonds is 6. The van der Waals surface area contributed by atoms with Gasteiger partial charge in [-0.15, -0.1) is 0 Å². The molecule has 2 N–H and O–H groups in total. The van der Waals surface area contributed by atoms with E-state index in [1.165, 1.54) is 0 Å². The zero-order valence-electron chi connectivity index (χ0n) is 12.9. The lowest BCUT2D eigenvalue weighted by Gasteiger charge is -2.26. The Morgan fingerprint density at radius 2 is 2.14 bits per heavy atom. The van der Waals surface area contributed by atoms with E-state index in [0.29, 0.717) is 0 Å². The molecule has 2 rings (SSSR count). The van der Waals surface area contributed by atoms with E-state index >= 15 is 0 Å². The van der Waals surface area contributed by atoms with Gasteiger partial charge < -0.3 is 10.4 Å². The van der Waals surface area contributed by atoms with Crippen molar-refractivity contribution in [3.8, 4) is 0 Å². The number of nitrogens with one attached hydrogen (secondary N) is 1. The summed E-state index contributed by atoms with van der Waals surface area (Å²) in [4.78, 5) is 4.45. The second-order valence-electron chi connectivity index (χ2n) is 6.46. The fraction of sp³-hybridized carbons (Fsp3) is 0.471. The Morgan fingerprint density at radius 3 is 2.86 bits per heavy atom. The molecule has 0 fully saturated rings. The SMILES string of the molecule is CC(O)CC(C)(C)CNCc1cc(Cl)cc2cccnc12. The second-order valence-corrected chi connectivity index (χ2v) is 6.90. The summed E-state index contributed by atoms with van der Waals surface area (Å²) in [5, 5.41) is 14.8. The minimum absolute atomic E-state index is 0.0516. The highest BCUT2D eigenvalue weighted by atomic mass is 35.5. The van der Waals surface area contributed by atoms with Crippen molar-refractivity contribution >= 4 is 22.5 Å². The van der Waals surface area contributed by atoms with Crippen molar-refractivity contribution in [1.82, 2.24) is 10.3 Å². The lowest BCUT2D eigenvalue weighted by molar-refractivity contribution is 0.128. The first-order valence-corrected chi connectivity index (χ1v) is 7.67. The molecule has 0 aliphatic heterocycles. The van der Waals surface area contributed by atoms with E-state index < -0.39 is 0 Å². The Morgan fingerprint density at radius 1 is 1.38 bits per heavy atom. The van der Waals surface area contributed by atoms with Gasteiger partial charge in [-0.2, -0.15) is 0 Å². The highest BCUT2D eigenvalue weighted by Gasteiger charge is 2.19. The summed E-state index contributed by atoms with van der Waals surface area (Å²) in [6, 6.07) is 7.84. The minimum Gasteiger partial charge on any atom is -0.393 e. The van der Waals surface area contributed by atoms with Crippen molar-refractivity contribution in [2.45, 2.75) is 39.8 Å². The predicted molar refractivity (Wildman–Crippen MR) is 88.5 cm³/mol.